The summed E-state index contributed by atoms with van der Waals surface area (Å²) in [6.07, 6.45) is 1.53. The molecule has 0 radical (unpaired) electrons. The van der Waals surface area contributed by atoms with E-state index in [0.717, 1.165) is 6.07 Å². The molecule has 0 unspecified atom stereocenters. The Morgan fingerprint density at radius 2 is 2.30 bits per heavy atom. The van der Waals surface area contributed by atoms with Crippen LogP contribution in [0.3, 0.4) is 0 Å². The fourth-order valence-electron chi connectivity index (χ4n) is 1.62. The van der Waals surface area contributed by atoms with Crippen molar-refractivity contribution in [3.63, 3.8) is 0 Å². The van der Waals surface area contributed by atoms with Gasteiger partial charge < -0.3 is 11.1 Å². The van der Waals surface area contributed by atoms with Crippen molar-refractivity contribution in [2.45, 2.75) is 6.54 Å². The number of carbonyl (C=O) groups is 1. The summed E-state index contributed by atoms with van der Waals surface area (Å²) in [5.74, 6) is -0.216. The first-order valence-electron chi connectivity index (χ1n) is 5.64. The van der Waals surface area contributed by atoms with Gasteiger partial charge in [0.05, 0.1) is 11.5 Å². The van der Waals surface area contributed by atoms with Crippen LogP contribution in [0.5, 0.6) is 0 Å². The zero-order valence-electron chi connectivity index (χ0n) is 10.6. The van der Waals surface area contributed by atoms with Gasteiger partial charge in [-0.3, -0.25) is 19.6 Å². The Morgan fingerprint density at radius 3 is 2.85 bits per heavy atom. The predicted molar refractivity (Wildman–Crippen MR) is 69.9 cm³/mol. The molecule has 0 spiro atoms. The van der Waals surface area contributed by atoms with Crippen molar-refractivity contribution >= 4 is 17.3 Å². The highest BCUT2D eigenvalue weighted by Crippen LogP contribution is 2.25. The van der Waals surface area contributed by atoms with E-state index in [9.17, 15) is 14.9 Å². The third-order valence-electron chi connectivity index (χ3n) is 2.56. The lowest BCUT2D eigenvalue weighted by Gasteiger charge is -2.06. The van der Waals surface area contributed by atoms with Crippen LogP contribution in [0.2, 0.25) is 0 Å². The SMILES string of the molecule is Cn1cnc(CNc2ccc(C(N)=O)cc2[N+](=O)[O-])n1. The lowest BCUT2D eigenvalue weighted by atomic mass is 10.1. The monoisotopic (exact) mass is 276 g/mol. The Kier molecular flexibility index (Phi) is 3.60. The van der Waals surface area contributed by atoms with Crippen molar-refractivity contribution in [2.24, 2.45) is 12.8 Å². The first-order chi connectivity index (χ1) is 9.47. The largest absolute Gasteiger partial charge is 0.372 e. The molecule has 1 amide bonds. The molecule has 20 heavy (non-hydrogen) atoms. The van der Waals surface area contributed by atoms with Gasteiger partial charge in [-0.2, -0.15) is 5.10 Å². The van der Waals surface area contributed by atoms with Gasteiger partial charge >= 0.3 is 0 Å². The van der Waals surface area contributed by atoms with Crippen LogP contribution in [-0.4, -0.2) is 25.6 Å². The molecule has 1 heterocycles. The summed E-state index contributed by atoms with van der Waals surface area (Å²) >= 11 is 0. The van der Waals surface area contributed by atoms with Crippen LogP contribution < -0.4 is 11.1 Å². The van der Waals surface area contributed by atoms with E-state index in [1.807, 2.05) is 0 Å². The number of amides is 1. The van der Waals surface area contributed by atoms with E-state index in [4.69, 9.17) is 5.73 Å². The molecule has 0 fully saturated rings. The summed E-state index contributed by atoms with van der Waals surface area (Å²) in [5.41, 5.74) is 5.22. The fourth-order valence-corrected chi connectivity index (χ4v) is 1.62. The van der Waals surface area contributed by atoms with E-state index in [1.165, 1.54) is 23.1 Å². The quantitative estimate of drug-likeness (QED) is 0.602. The van der Waals surface area contributed by atoms with Crippen LogP contribution in [0.25, 0.3) is 0 Å². The summed E-state index contributed by atoms with van der Waals surface area (Å²) in [6, 6.07) is 3.99. The number of nitro benzene ring substituents is 1. The number of aromatic nitrogens is 3. The van der Waals surface area contributed by atoms with Crippen molar-refractivity contribution in [3.05, 3.63) is 46.0 Å². The van der Waals surface area contributed by atoms with Crippen molar-refractivity contribution in [1.29, 1.82) is 0 Å². The van der Waals surface area contributed by atoms with Gasteiger partial charge in [-0.25, -0.2) is 4.98 Å². The highest BCUT2D eigenvalue weighted by Gasteiger charge is 2.16. The molecule has 0 saturated carbocycles. The van der Waals surface area contributed by atoms with Gasteiger partial charge in [0.1, 0.15) is 12.0 Å². The van der Waals surface area contributed by atoms with Gasteiger partial charge in [0.25, 0.3) is 5.69 Å². The molecule has 0 aliphatic heterocycles. The topological polar surface area (TPSA) is 129 Å². The number of nitrogens with one attached hydrogen (secondary N) is 1. The standard InChI is InChI=1S/C11H12N6O3/c1-16-6-14-10(15-16)5-13-8-3-2-7(11(12)18)4-9(8)17(19)20/h2-4,6,13H,5H2,1H3,(H2,12,18). The normalized spacial score (nSPS) is 10.2. The second-order valence-corrected chi connectivity index (χ2v) is 4.04. The number of rotatable bonds is 5. The summed E-state index contributed by atoms with van der Waals surface area (Å²) in [5, 5.41) is 17.9. The summed E-state index contributed by atoms with van der Waals surface area (Å²) in [4.78, 5) is 25.4. The number of hydrogen-bond acceptors (Lipinski definition) is 6. The van der Waals surface area contributed by atoms with Gasteiger partial charge in [0, 0.05) is 18.7 Å². The van der Waals surface area contributed by atoms with E-state index in [-0.39, 0.29) is 23.5 Å². The number of nitro groups is 1. The fraction of sp³-hybridized carbons (Fsp3) is 0.182. The molecule has 104 valence electrons. The summed E-state index contributed by atoms with van der Waals surface area (Å²) in [6.45, 7) is 0.234. The number of benzene rings is 1. The zero-order valence-corrected chi connectivity index (χ0v) is 10.6. The second kappa shape index (κ2) is 5.34. The molecule has 1 aromatic carbocycles. The van der Waals surface area contributed by atoms with Crippen molar-refractivity contribution in [1.82, 2.24) is 14.8 Å². The minimum Gasteiger partial charge on any atom is -0.372 e. The van der Waals surface area contributed by atoms with Crippen LogP contribution >= 0.6 is 0 Å². The summed E-state index contributed by atoms with van der Waals surface area (Å²) in [7, 11) is 1.72. The minimum absolute atomic E-state index is 0.0817. The maximum Gasteiger partial charge on any atom is 0.293 e. The average Bonchev–Trinajstić information content (AvgIpc) is 2.81. The van der Waals surface area contributed by atoms with Gasteiger partial charge in [-0.15, -0.1) is 0 Å². The van der Waals surface area contributed by atoms with Gasteiger partial charge in [0.15, 0.2) is 5.82 Å². The average molecular weight is 276 g/mol. The number of nitrogens with zero attached hydrogens (tertiary/aromatic N) is 4. The molecule has 3 N–H and O–H groups in total. The summed E-state index contributed by atoms with van der Waals surface area (Å²) < 4.78 is 1.53. The second-order valence-electron chi connectivity index (χ2n) is 4.04. The number of hydrogen-bond donors (Lipinski definition) is 2. The molecule has 0 aliphatic carbocycles. The first kappa shape index (κ1) is 13.5. The third-order valence-corrected chi connectivity index (χ3v) is 2.56. The Labute approximate surface area is 113 Å². The van der Waals surface area contributed by atoms with Crippen LogP contribution in [0, 0.1) is 10.1 Å². The number of aryl methyl sites for hydroxylation is 1. The van der Waals surface area contributed by atoms with Crippen LogP contribution in [0.4, 0.5) is 11.4 Å². The Hall–Kier alpha value is -2.97. The zero-order chi connectivity index (χ0) is 14.7. The van der Waals surface area contributed by atoms with E-state index in [1.54, 1.807) is 7.05 Å². The lowest BCUT2D eigenvalue weighted by molar-refractivity contribution is -0.384. The maximum absolute atomic E-state index is 11.0. The Balaban J connectivity index is 2.22. The number of anilines is 1. The minimum atomic E-state index is -0.717. The van der Waals surface area contributed by atoms with Crippen LogP contribution in [0.1, 0.15) is 16.2 Å². The van der Waals surface area contributed by atoms with E-state index < -0.39 is 10.8 Å². The Bertz CT molecular complexity index is 666. The highest BCUT2D eigenvalue weighted by molar-refractivity contribution is 5.94. The van der Waals surface area contributed by atoms with Crippen molar-refractivity contribution in [3.8, 4) is 0 Å². The van der Waals surface area contributed by atoms with Gasteiger partial charge in [-0.1, -0.05) is 0 Å². The molecule has 2 rings (SSSR count). The molecule has 9 nitrogen and oxygen atoms in total. The third kappa shape index (κ3) is 2.88. The molecule has 9 heteroatoms. The smallest absolute Gasteiger partial charge is 0.293 e. The highest BCUT2D eigenvalue weighted by atomic mass is 16.6. The maximum atomic E-state index is 11.0. The predicted octanol–water partition coefficient (Wildman–Crippen LogP) is 0.434. The number of carbonyl (C=O) groups excluding carboxylic acids is 1. The molecule has 0 saturated heterocycles. The molecule has 2 aromatic rings. The van der Waals surface area contributed by atoms with Gasteiger partial charge in [0.2, 0.25) is 5.91 Å². The molecular formula is C11H12N6O3. The first-order valence-corrected chi connectivity index (χ1v) is 5.64. The number of primary amides is 1. The van der Waals surface area contributed by atoms with Gasteiger partial charge in [-0.05, 0) is 12.1 Å². The molecule has 0 bridgehead atoms. The molecule has 0 atom stereocenters. The number of nitrogens with two attached hydrogens (primary N) is 1. The van der Waals surface area contributed by atoms with Crippen LogP contribution in [0.15, 0.2) is 24.5 Å². The Morgan fingerprint density at radius 1 is 1.55 bits per heavy atom. The molecular weight excluding hydrogens is 264 g/mol. The molecule has 1 aromatic heterocycles. The van der Waals surface area contributed by atoms with Crippen molar-refractivity contribution in [2.75, 3.05) is 5.32 Å². The van der Waals surface area contributed by atoms with Crippen molar-refractivity contribution < 1.29 is 9.72 Å². The van der Waals surface area contributed by atoms with Crippen LogP contribution in [-0.2, 0) is 13.6 Å². The van der Waals surface area contributed by atoms with E-state index in [0.29, 0.717) is 5.82 Å². The van der Waals surface area contributed by atoms with E-state index >= 15 is 0 Å². The lowest BCUT2D eigenvalue weighted by Crippen LogP contribution is -2.12. The molecule has 0 aliphatic rings. The van der Waals surface area contributed by atoms with E-state index in [2.05, 4.69) is 15.4 Å².